The number of alkyl carbamates (subject to hydrolysis) is 1. The highest BCUT2D eigenvalue weighted by atomic mass is 16.5. The third kappa shape index (κ3) is 4.45. The molecule has 7 nitrogen and oxygen atoms in total. The minimum absolute atomic E-state index is 0.0482. The summed E-state index contributed by atoms with van der Waals surface area (Å²) >= 11 is 0. The molecule has 174 valence electrons. The molecule has 7 heteroatoms. The molecular formula is C26H30N2O5. The maximum absolute atomic E-state index is 12.8. The third-order valence-corrected chi connectivity index (χ3v) is 6.77. The second kappa shape index (κ2) is 8.89. The second-order valence-electron chi connectivity index (χ2n) is 9.40. The summed E-state index contributed by atoms with van der Waals surface area (Å²) in [6, 6.07) is 15.7. The van der Waals surface area contributed by atoms with Crippen LogP contribution in [0.3, 0.4) is 0 Å². The van der Waals surface area contributed by atoms with Crippen LogP contribution in [0.4, 0.5) is 4.79 Å². The van der Waals surface area contributed by atoms with Crippen molar-refractivity contribution >= 4 is 18.0 Å². The number of aliphatic carboxylic acids is 1. The molecule has 33 heavy (non-hydrogen) atoms. The fraction of sp³-hybridized carbons (Fsp3) is 0.423. The van der Waals surface area contributed by atoms with Crippen LogP contribution in [0.2, 0.25) is 0 Å². The van der Waals surface area contributed by atoms with Crippen molar-refractivity contribution in [2.24, 2.45) is 11.8 Å². The molecule has 2 amide bonds. The highest BCUT2D eigenvalue weighted by molar-refractivity contribution is 5.91. The fourth-order valence-electron chi connectivity index (χ4n) is 4.86. The number of hydrogen-bond donors (Lipinski definition) is 3. The van der Waals surface area contributed by atoms with Crippen molar-refractivity contribution in [3.05, 3.63) is 59.7 Å². The predicted molar refractivity (Wildman–Crippen MR) is 124 cm³/mol. The Labute approximate surface area is 193 Å². The third-order valence-electron chi connectivity index (χ3n) is 6.77. The summed E-state index contributed by atoms with van der Waals surface area (Å²) in [7, 11) is 0. The van der Waals surface area contributed by atoms with Gasteiger partial charge < -0.3 is 20.5 Å². The molecule has 1 saturated carbocycles. The van der Waals surface area contributed by atoms with Gasteiger partial charge in [-0.05, 0) is 47.9 Å². The normalized spacial score (nSPS) is 17.5. The number of carbonyl (C=O) groups is 3. The Morgan fingerprint density at radius 2 is 1.55 bits per heavy atom. The molecule has 2 aliphatic rings. The van der Waals surface area contributed by atoms with E-state index in [0.29, 0.717) is 12.8 Å². The van der Waals surface area contributed by atoms with Crippen molar-refractivity contribution < 1.29 is 24.2 Å². The molecule has 0 spiro atoms. The molecular weight excluding hydrogens is 420 g/mol. The molecule has 0 bridgehead atoms. The molecule has 1 fully saturated rings. The van der Waals surface area contributed by atoms with Gasteiger partial charge in [-0.15, -0.1) is 0 Å². The second-order valence-corrected chi connectivity index (χ2v) is 9.40. The lowest BCUT2D eigenvalue weighted by atomic mass is 9.88. The molecule has 2 aromatic rings. The zero-order valence-corrected chi connectivity index (χ0v) is 19.1. The Balaban J connectivity index is 1.39. The zero-order chi connectivity index (χ0) is 23.8. The van der Waals surface area contributed by atoms with Crippen molar-refractivity contribution in [2.45, 2.75) is 51.1 Å². The molecule has 2 aliphatic carbocycles. The van der Waals surface area contributed by atoms with Crippen molar-refractivity contribution in [1.82, 2.24) is 10.6 Å². The standard InChI is InChI=1S/C26H30N2O5/c1-15(2)22(23(29)28-26(12-13-26)24(30)31)16(3)27-25(32)33-14-21-19-10-6-4-8-17(19)18-9-5-7-11-20(18)21/h4-11,15-16,21-22H,12-14H2,1-3H3,(H,27,32)(H,28,29)(H,30,31). The number of ether oxygens (including phenoxy) is 1. The average Bonchev–Trinajstić information content (AvgIpc) is 3.48. The Morgan fingerprint density at radius 3 is 2.03 bits per heavy atom. The summed E-state index contributed by atoms with van der Waals surface area (Å²) in [4.78, 5) is 36.9. The number of fused-ring (bicyclic) bond motifs is 3. The number of hydrogen-bond acceptors (Lipinski definition) is 4. The lowest BCUT2D eigenvalue weighted by molar-refractivity contribution is -0.144. The number of carboxylic acid groups (broad SMARTS) is 1. The van der Waals surface area contributed by atoms with Crippen LogP contribution in [0.15, 0.2) is 48.5 Å². The van der Waals surface area contributed by atoms with E-state index >= 15 is 0 Å². The van der Waals surface area contributed by atoms with E-state index in [2.05, 4.69) is 34.9 Å². The molecule has 4 rings (SSSR count). The van der Waals surface area contributed by atoms with Crippen molar-refractivity contribution in [3.63, 3.8) is 0 Å². The number of carboxylic acids is 1. The molecule has 0 heterocycles. The smallest absolute Gasteiger partial charge is 0.407 e. The number of carbonyl (C=O) groups excluding carboxylic acids is 2. The molecule has 3 N–H and O–H groups in total. The minimum atomic E-state index is -1.16. The van der Waals surface area contributed by atoms with Gasteiger partial charge in [0.05, 0.1) is 5.92 Å². The van der Waals surface area contributed by atoms with Gasteiger partial charge in [-0.25, -0.2) is 9.59 Å². The molecule has 2 atom stereocenters. The molecule has 0 radical (unpaired) electrons. The van der Waals surface area contributed by atoms with Crippen molar-refractivity contribution in [1.29, 1.82) is 0 Å². The molecule has 0 aliphatic heterocycles. The van der Waals surface area contributed by atoms with Crippen LogP contribution in [0.5, 0.6) is 0 Å². The van der Waals surface area contributed by atoms with E-state index in [0.717, 1.165) is 22.3 Å². The minimum Gasteiger partial charge on any atom is -0.480 e. The maximum Gasteiger partial charge on any atom is 0.407 e. The van der Waals surface area contributed by atoms with E-state index in [4.69, 9.17) is 4.74 Å². The van der Waals surface area contributed by atoms with E-state index in [-0.39, 0.29) is 24.3 Å². The van der Waals surface area contributed by atoms with Crippen molar-refractivity contribution in [3.8, 4) is 11.1 Å². The lowest BCUT2D eigenvalue weighted by Crippen LogP contribution is -2.52. The van der Waals surface area contributed by atoms with Crippen LogP contribution < -0.4 is 10.6 Å². The first kappa shape index (κ1) is 22.8. The van der Waals surface area contributed by atoms with Gasteiger partial charge in [0.25, 0.3) is 0 Å². The maximum atomic E-state index is 12.8. The monoisotopic (exact) mass is 450 g/mol. The fourth-order valence-corrected chi connectivity index (χ4v) is 4.86. The van der Waals surface area contributed by atoms with Gasteiger partial charge in [0.1, 0.15) is 12.1 Å². The highest BCUT2D eigenvalue weighted by Gasteiger charge is 2.52. The van der Waals surface area contributed by atoms with Crippen LogP contribution in [-0.4, -0.2) is 41.3 Å². The number of rotatable bonds is 8. The van der Waals surface area contributed by atoms with E-state index in [1.807, 2.05) is 38.1 Å². The van der Waals surface area contributed by atoms with Crippen LogP contribution in [0.1, 0.15) is 50.7 Å². The lowest BCUT2D eigenvalue weighted by Gasteiger charge is -2.28. The van der Waals surface area contributed by atoms with Crippen LogP contribution in [0.25, 0.3) is 11.1 Å². The van der Waals surface area contributed by atoms with E-state index in [1.54, 1.807) is 6.92 Å². The van der Waals surface area contributed by atoms with Gasteiger partial charge in [-0.1, -0.05) is 62.4 Å². The average molecular weight is 451 g/mol. The first-order valence-corrected chi connectivity index (χ1v) is 11.4. The quantitative estimate of drug-likeness (QED) is 0.565. The number of amides is 2. The number of benzene rings is 2. The largest absolute Gasteiger partial charge is 0.480 e. The Hall–Kier alpha value is -3.35. The van der Waals surface area contributed by atoms with Gasteiger partial charge in [-0.2, -0.15) is 0 Å². The van der Waals surface area contributed by atoms with Crippen molar-refractivity contribution in [2.75, 3.05) is 6.61 Å². The summed E-state index contributed by atoms with van der Waals surface area (Å²) in [5.41, 5.74) is 3.40. The molecule has 0 aromatic heterocycles. The van der Waals surface area contributed by atoms with E-state index in [9.17, 15) is 19.5 Å². The SMILES string of the molecule is CC(C)C(C(=O)NC1(C(=O)O)CC1)C(C)NC(=O)OCC1c2ccccc2-c2ccccc21. The van der Waals surface area contributed by atoms with Crippen LogP contribution >= 0.6 is 0 Å². The molecule has 0 saturated heterocycles. The summed E-state index contributed by atoms with van der Waals surface area (Å²) in [6.45, 7) is 5.68. The Kier molecular flexibility index (Phi) is 6.15. The van der Waals surface area contributed by atoms with Gasteiger partial charge in [-0.3, -0.25) is 4.79 Å². The predicted octanol–water partition coefficient (Wildman–Crippen LogP) is 3.92. The Morgan fingerprint density at radius 1 is 1.00 bits per heavy atom. The van der Waals surface area contributed by atoms with E-state index in [1.165, 1.54) is 0 Å². The van der Waals surface area contributed by atoms with Gasteiger partial charge >= 0.3 is 12.1 Å². The Bertz CT molecular complexity index is 1030. The van der Waals surface area contributed by atoms with Gasteiger partial charge in [0, 0.05) is 12.0 Å². The first-order valence-electron chi connectivity index (χ1n) is 11.4. The molecule has 2 unspecified atom stereocenters. The van der Waals surface area contributed by atoms with E-state index < -0.39 is 29.6 Å². The van der Waals surface area contributed by atoms with Crippen LogP contribution in [-0.2, 0) is 14.3 Å². The van der Waals surface area contributed by atoms with Gasteiger partial charge in [0.2, 0.25) is 5.91 Å². The zero-order valence-electron chi connectivity index (χ0n) is 19.1. The first-order chi connectivity index (χ1) is 15.7. The van der Waals surface area contributed by atoms with Crippen LogP contribution in [0, 0.1) is 11.8 Å². The number of nitrogens with one attached hydrogen (secondary N) is 2. The summed E-state index contributed by atoms with van der Waals surface area (Å²) in [5.74, 6) is -2.11. The summed E-state index contributed by atoms with van der Waals surface area (Å²) in [5, 5.41) is 14.8. The molecule has 2 aromatic carbocycles. The topological polar surface area (TPSA) is 105 Å². The summed E-state index contributed by atoms with van der Waals surface area (Å²) in [6.07, 6.45) is 0.252. The summed E-state index contributed by atoms with van der Waals surface area (Å²) < 4.78 is 5.60. The van der Waals surface area contributed by atoms with Gasteiger partial charge in [0.15, 0.2) is 0 Å². The highest BCUT2D eigenvalue weighted by Crippen LogP contribution is 2.44.